The minimum Gasteiger partial charge on any atom is -0.485 e. The molecule has 2 aromatic rings. The Labute approximate surface area is 174 Å². The smallest absolute Gasteiger partial charge is 0.132 e. The topological polar surface area (TPSA) is 39.7 Å². The summed E-state index contributed by atoms with van der Waals surface area (Å²) in [4.78, 5) is 0. The van der Waals surface area contributed by atoms with Crippen molar-refractivity contribution in [2.24, 2.45) is 0 Å². The maximum absolute atomic E-state index is 6.31. The normalized spacial score (nSPS) is 20.3. The molecule has 2 unspecified atom stereocenters. The number of benzene rings is 2. The highest BCUT2D eigenvalue weighted by Gasteiger charge is 2.45. The van der Waals surface area contributed by atoms with Crippen molar-refractivity contribution < 1.29 is 14.2 Å². The van der Waals surface area contributed by atoms with E-state index in [0.29, 0.717) is 13.2 Å². The Kier molecular flexibility index (Phi) is 6.99. The van der Waals surface area contributed by atoms with Crippen LogP contribution < -0.4 is 10.1 Å². The molecule has 3 rings (SSSR count). The van der Waals surface area contributed by atoms with Crippen LogP contribution >= 0.6 is 0 Å². The minimum atomic E-state index is -0.481. The molecule has 4 heteroatoms. The molecule has 1 aliphatic rings. The molecule has 1 heterocycles. The van der Waals surface area contributed by atoms with Gasteiger partial charge < -0.3 is 19.5 Å². The summed E-state index contributed by atoms with van der Waals surface area (Å²) in [5.41, 5.74) is 4.12. The fraction of sp³-hybridized carbons (Fsp3) is 0.440. The van der Waals surface area contributed by atoms with E-state index in [1.807, 2.05) is 32.1 Å². The summed E-state index contributed by atoms with van der Waals surface area (Å²) < 4.78 is 18.7. The van der Waals surface area contributed by atoms with Crippen LogP contribution in [0.25, 0.3) is 0 Å². The molecule has 0 saturated heterocycles. The summed E-state index contributed by atoms with van der Waals surface area (Å²) in [6.07, 6.45) is 3.63. The lowest BCUT2D eigenvalue weighted by molar-refractivity contribution is -0.155. The number of fused-ring (bicyclic) bond motifs is 1. The highest BCUT2D eigenvalue weighted by atomic mass is 16.6. The predicted molar refractivity (Wildman–Crippen MR) is 119 cm³/mol. The minimum absolute atomic E-state index is 0.176. The van der Waals surface area contributed by atoms with Gasteiger partial charge in [-0.15, -0.1) is 0 Å². The van der Waals surface area contributed by atoms with Crippen LogP contribution in [0.4, 0.5) is 5.69 Å². The molecular weight excluding hydrogens is 362 g/mol. The van der Waals surface area contributed by atoms with Crippen LogP contribution in [0.5, 0.6) is 5.75 Å². The molecule has 0 saturated carbocycles. The quantitative estimate of drug-likeness (QED) is 0.572. The highest BCUT2D eigenvalue weighted by molar-refractivity contribution is 5.54. The first-order valence-corrected chi connectivity index (χ1v) is 10.4. The van der Waals surface area contributed by atoms with Gasteiger partial charge in [-0.2, -0.15) is 0 Å². The van der Waals surface area contributed by atoms with Gasteiger partial charge in [0, 0.05) is 24.4 Å². The molecule has 0 aromatic heterocycles. The Morgan fingerprint density at radius 1 is 1.10 bits per heavy atom. The van der Waals surface area contributed by atoms with Crippen molar-refractivity contribution in [1.82, 2.24) is 0 Å². The van der Waals surface area contributed by atoms with E-state index in [4.69, 9.17) is 14.2 Å². The zero-order valence-corrected chi connectivity index (χ0v) is 18.2. The Bertz CT molecular complexity index is 826. The van der Waals surface area contributed by atoms with Gasteiger partial charge in [0.15, 0.2) is 0 Å². The second kappa shape index (κ2) is 9.47. The number of nitrogens with one attached hydrogen (secondary N) is 1. The zero-order chi connectivity index (χ0) is 20.9. The highest BCUT2D eigenvalue weighted by Crippen LogP contribution is 2.44. The standard InChI is InChI=1S/C25H33NO3/c1-6-8-15-28-24-23(27-7-2)21-16-20(13-14-22(21)29-25(24,4)5)26-17-19-11-9-18(3)10-12-19/h6,8-14,16,23-24,26H,7,15,17H2,1-5H3. The molecule has 0 aliphatic carbocycles. The second-order valence-corrected chi connectivity index (χ2v) is 8.00. The van der Waals surface area contributed by atoms with E-state index in [2.05, 4.69) is 62.5 Å². The maximum Gasteiger partial charge on any atom is 0.132 e. The Morgan fingerprint density at radius 3 is 2.55 bits per heavy atom. The maximum atomic E-state index is 6.31. The van der Waals surface area contributed by atoms with Gasteiger partial charge in [-0.1, -0.05) is 42.0 Å². The molecular formula is C25H33NO3. The predicted octanol–water partition coefficient (Wildman–Crippen LogP) is 5.82. The van der Waals surface area contributed by atoms with Crippen molar-refractivity contribution in [3.8, 4) is 5.75 Å². The van der Waals surface area contributed by atoms with Gasteiger partial charge >= 0.3 is 0 Å². The van der Waals surface area contributed by atoms with Crippen molar-refractivity contribution in [2.45, 2.75) is 59.0 Å². The first kappa shape index (κ1) is 21.4. The lowest BCUT2D eigenvalue weighted by Gasteiger charge is -2.44. The van der Waals surface area contributed by atoms with Gasteiger partial charge in [-0.05, 0) is 58.4 Å². The summed E-state index contributed by atoms with van der Waals surface area (Å²) in [6.45, 7) is 12.2. The van der Waals surface area contributed by atoms with Gasteiger partial charge in [0.25, 0.3) is 0 Å². The van der Waals surface area contributed by atoms with Gasteiger partial charge in [-0.25, -0.2) is 0 Å². The Balaban J connectivity index is 1.83. The number of allylic oxidation sites excluding steroid dienone is 1. The molecule has 0 spiro atoms. The van der Waals surface area contributed by atoms with E-state index in [-0.39, 0.29) is 12.2 Å². The summed E-state index contributed by atoms with van der Waals surface area (Å²) in [5, 5.41) is 3.52. The summed E-state index contributed by atoms with van der Waals surface area (Å²) >= 11 is 0. The van der Waals surface area contributed by atoms with Crippen LogP contribution in [0.2, 0.25) is 0 Å². The molecule has 2 aromatic carbocycles. The third-order valence-corrected chi connectivity index (χ3v) is 5.22. The van der Waals surface area contributed by atoms with Crippen LogP contribution in [-0.4, -0.2) is 24.9 Å². The molecule has 0 amide bonds. The molecule has 1 aliphatic heterocycles. The monoisotopic (exact) mass is 395 g/mol. The van der Waals surface area contributed by atoms with Gasteiger partial charge in [0.05, 0.1) is 6.61 Å². The van der Waals surface area contributed by atoms with E-state index >= 15 is 0 Å². The van der Waals surface area contributed by atoms with Crippen LogP contribution in [0.15, 0.2) is 54.6 Å². The number of aryl methyl sites for hydroxylation is 1. The second-order valence-electron chi connectivity index (χ2n) is 8.00. The van der Waals surface area contributed by atoms with Crippen LogP contribution in [0.1, 0.15) is 50.5 Å². The van der Waals surface area contributed by atoms with Crippen molar-refractivity contribution in [3.05, 3.63) is 71.3 Å². The molecule has 0 bridgehead atoms. The van der Waals surface area contributed by atoms with Gasteiger partial charge in [0.1, 0.15) is 23.6 Å². The van der Waals surface area contributed by atoms with E-state index in [1.54, 1.807) is 0 Å². The van der Waals surface area contributed by atoms with Gasteiger partial charge in [0.2, 0.25) is 0 Å². The van der Waals surface area contributed by atoms with Crippen molar-refractivity contribution >= 4 is 5.69 Å². The largest absolute Gasteiger partial charge is 0.485 e. The average molecular weight is 396 g/mol. The van der Waals surface area contributed by atoms with Crippen LogP contribution in [0.3, 0.4) is 0 Å². The Hall–Kier alpha value is -2.30. The lowest BCUT2D eigenvalue weighted by atomic mass is 9.88. The van der Waals surface area contributed by atoms with Crippen molar-refractivity contribution in [3.63, 3.8) is 0 Å². The van der Waals surface area contributed by atoms with Crippen molar-refractivity contribution in [2.75, 3.05) is 18.5 Å². The molecule has 0 fully saturated rings. The molecule has 4 nitrogen and oxygen atoms in total. The lowest BCUT2D eigenvalue weighted by Crippen LogP contribution is -2.51. The number of hydrogen-bond acceptors (Lipinski definition) is 4. The number of hydrogen-bond donors (Lipinski definition) is 1. The first-order valence-electron chi connectivity index (χ1n) is 10.4. The van der Waals surface area contributed by atoms with E-state index in [1.165, 1.54) is 11.1 Å². The van der Waals surface area contributed by atoms with E-state index in [9.17, 15) is 0 Å². The zero-order valence-electron chi connectivity index (χ0n) is 18.2. The van der Waals surface area contributed by atoms with Crippen LogP contribution in [0, 0.1) is 6.92 Å². The summed E-state index contributed by atoms with van der Waals surface area (Å²) in [7, 11) is 0. The van der Waals surface area contributed by atoms with Crippen molar-refractivity contribution in [1.29, 1.82) is 0 Å². The van der Waals surface area contributed by atoms with Crippen LogP contribution in [-0.2, 0) is 16.0 Å². The molecule has 2 atom stereocenters. The summed E-state index contributed by atoms with van der Waals surface area (Å²) in [6, 6.07) is 14.8. The average Bonchev–Trinajstić information content (AvgIpc) is 2.69. The Morgan fingerprint density at radius 2 is 1.86 bits per heavy atom. The fourth-order valence-electron chi connectivity index (χ4n) is 3.65. The third kappa shape index (κ3) is 5.20. The van der Waals surface area contributed by atoms with E-state index in [0.717, 1.165) is 23.5 Å². The SMILES string of the molecule is CC=CCOC1C(OCC)c2cc(NCc3ccc(C)cc3)ccc2OC1(C)C. The molecule has 156 valence electrons. The van der Waals surface area contributed by atoms with Gasteiger partial charge in [-0.3, -0.25) is 0 Å². The molecule has 0 radical (unpaired) electrons. The van der Waals surface area contributed by atoms with E-state index < -0.39 is 5.60 Å². The summed E-state index contributed by atoms with van der Waals surface area (Å²) in [5.74, 6) is 0.861. The fourth-order valence-corrected chi connectivity index (χ4v) is 3.65. The molecule has 1 N–H and O–H groups in total. The number of rotatable bonds is 8. The number of ether oxygens (including phenoxy) is 3. The number of anilines is 1. The third-order valence-electron chi connectivity index (χ3n) is 5.22. The molecule has 29 heavy (non-hydrogen) atoms. The first-order chi connectivity index (χ1) is 13.9.